The number of amides is 1. The minimum absolute atomic E-state index is 0.0479. The summed E-state index contributed by atoms with van der Waals surface area (Å²) in [6, 6.07) is 1.07. The molecule has 1 aromatic rings. The van der Waals surface area contributed by atoms with E-state index < -0.39 is 33.8 Å². The predicted octanol–water partition coefficient (Wildman–Crippen LogP) is 0.717. The second-order valence-corrected chi connectivity index (χ2v) is 4.61. The molecule has 1 amide bonds. The van der Waals surface area contributed by atoms with Crippen molar-refractivity contribution in [2.24, 2.45) is 0 Å². The lowest BCUT2D eigenvalue weighted by molar-refractivity contribution is -0.387. The molecule has 9 heteroatoms. The Morgan fingerprint density at radius 3 is 2.62 bits per heavy atom. The zero-order valence-electron chi connectivity index (χ0n) is 11.1. The zero-order chi connectivity index (χ0) is 15.4. The van der Waals surface area contributed by atoms with Crippen LogP contribution in [0, 0.1) is 21.7 Å². The van der Waals surface area contributed by atoms with Crippen molar-refractivity contribution in [3.8, 4) is 0 Å². The number of carbonyl (C=O) groups is 1. The van der Waals surface area contributed by atoms with E-state index in [2.05, 4.69) is 10.6 Å². The lowest BCUT2D eigenvalue weighted by Gasteiger charge is -2.26. The number of nitro benzene ring substituents is 1. The molecule has 2 rings (SSSR count). The maximum atomic E-state index is 13.5. The molecule has 0 unspecified atom stereocenters. The SMILES string of the molecule is O=C(CN1CCNCC1)Nc1cc([N+](=O)[O-])c(F)cc1F. The first-order chi connectivity index (χ1) is 9.97. The average Bonchev–Trinajstić information content (AvgIpc) is 2.42. The molecule has 0 aliphatic carbocycles. The van der Waals surface area contributed by atoms with Gasteiger partial charge in [0.05, 0.1) is 17.2 Å². The van der Waals surface area contributed by atoms with Gasteiger partial charge in [-0.1, -0.05) is 0 Å². The molecule has 1 fully saturated rings. The molecule has 0 saturated carbocycles. The first kappa shape index (κ1) is 15.3. The van der Waals surface area contributed by atoms with Gasteiger partial charge in [0, 0.05) is 38.3 Å². The number of anilines is 1. The Hall–Kier alpha value is -2.13. The molecule has 7 nitrogen and oxygen atoms in total. The Kier molecular flexibility index (Phi) is 4.76. The van der Waals surface area contributed by atoms with Crippen molar-refractivity contribution in [2.75, 3.05) is 38.0 Å². The van der Waals surface area contributed by atoms with Gasteiger partial charge in [0.1, 0.15) is 5.82 Å². The van der Waals surface area contributed by atoms with Gasteiger partial charge >= 0.3 is 5.69 Å². The van der Waals surface area contributed by atoms with E-state index >= 15 is 0 Å². The fraction of sp³-hybridized carbons (Fsp3) is 0.417. The molecule has 1 aliphatic heterocycles. The maximum Gasteiger partial charge on any atom is 0.307 e. The Bertz CT molecular complexity index is 562. The van der Waals surface area contributed by atoms with Crippen molar-refractivity contribution in [1.29, 1.82) is 0 Å². The molecule has 1 aliphatic rings. The second-order valence-electron chi connectivity index (χ2n) is 4.61. The summed E-state index contributed by atoms with van der Waals surface area (Å²) >= 11 is 0. The Balaban J connectivity index is 2.06. The first-order valence-corrected chi connectivity index (χ1v) is 6.33. The smallest absolute Gasteiger partial charge is 0.307 e. The van der Waals surface area contributed by atoms with Gasteiger partial charge in [-0.25, -0.2) is 4.39 Å². The van der Waals surface area contributed by atoms with Gasteiger partial charge in [-0.3, -0.25) is 19.8 Å². The molecule has 1 saturated heterocycles. The van der Waals surface area contributed by atoms with Crippen LogP contribution in [0.5, 0.6) is 0 Å². The summed E-state index contributed by atoms with van der Waals surface area (Å²) in [6.07, 6.45) is 0. The van der Waals surface area contributed by atoms with E-state index in [0.717, 1.165) is 13.1 Å². The second kappa shape index (κ2) is 6.55. The van der Waals surface area contributed by atoms with Crippen LogP contribution in [-0.2, 0) is 4.79 Å². The summed E-state index contributed by atoms with van der Waals surface area (Å²) in [4.78, 5) is 23.3. The molecule has 2 N–H and O–H groups in total. The molecule has 0 atom stereocenters. The summed E-state index contributed by atoms with van der Waals surface area (Å²) in [7, 11) is 0. The molecule has 0 radical (unpaired) electrons. The highest BCUT2D eigenvalue weighted by Gasteiger charge is 2.20. The van der Waals surface area contributed by atoms with E-state index in [0.29, 0.717) is 25.2 Å². The average molecular weight is 300 g/mol. The van der Waals surface area contributed by atoms with Crippen LogP contribution in [0.3, 0.4) is 0 Å². The molecule has 1 aromatic carbocycles. The van der Waals surface area contributed by atoms with Crippen LogP contribution in [0.15, 0.2) is 12.1 Å². The van der Waals surface area contributed by atoms with Crippen molar-refractivity contribution in [1.82, 2.24) is 10.2 Å². The van der Waals surface area contributed by atoms with E-state index in [1.807, 2.05) is 4.90 Å². The van der Waals surface area contributed by atoms with Crippen LogP contribution < -0.4 is 10.6 Å². The van der Waals surface area contributed by atoms with Crippen molar-refractivity contribution in [2.45, 2.75) is 0 Å². The summed E-state index contributed by atoms with van der Waals surface area (Å²) in [5.74, 6) is -2.83. The molecule has 1 heterocycles. The van der Waals surface area contributed by atoms with Gasteiger partial charge < -0.3 is 10.6 Å². The van der Waals surface area contributed by atoms with E-state index in [-0.39, 0.29) is 6.54 Å². The Morgan fingerprint density at radius 2 is 2.00 bits per heavy atom. The first-order valence-electron chi connectivity index (χ1n) is 6.33. The summed E-state index contributed by atoms with van der Waals surface area (Å²) in [6.45, 7) is 2.92. The van der Waals surface area contributed by atoms with E-state index in [1.54, 1.807) is 0 Å². The number of rotatable bonds is 4. The summed E-state index contributed by atoms with van der Waals surface area (Å²) in [5, 5.41) is 16.0. The number of halogens is 2. The van der Waals surface area contributed by atoms with Crippen molar-refractivity contribution in [3.05, 3.63) is 33.9 Å². The Morgan fingerprint density at radius 1 is 1.33 bits per heavy atom. The number of nitro groups is 1. The number of nitrogens with zero attached hydrogens (tertiary/aromatic N) is 2. The minimum Gasteiger partial charge on any atom is -0.322 e. The number of carbonyl (C=O) groups excluding carboxylic acids is 1. The van der Waals surface area contributed by atoms with Crippen LogP contribution in [0.1, 0.15) is 0 Å². The molecule has 0 aromatic heterocycles. The van der Waals surface area contributed by atoms with E-state index in [4.69, 9.17) is 0 Å². The molecular formula is C12H14F2N4O3. The summed E-state index contributed by atoms with van der Waals surface area (Å²) in [5.41, 5.74) is -1.28. The van der Waals surface area contributed by atoms with E-state index in [9.17, 15) is 23.7 Å². The topological polar surface area (TPSA) is 87.5 Å². The fourth-order valence-electron chi connectivity index (χ4n) is 2.04. The third kappa shape index (κ3) is 3.92. The highest BCUT2D eigenvalue weighted by Crippen LogP contribution is 2.25. The number of hydrogen-bond acceptors (Lipinski definition) is 5. The largest absolute Gasteiger partial charge is 0.322 e. The normalized spacial score (nSPS) is 15.7. The third-order valence-corrected chi connectivity index (χ3v) is 3.08. The van der Waals surface area contributed by atoms with Gasteiger partial charge in [0.2, 0.25) is 11.7 Å². The van der Waals surface area contributed by atoms with Gasteiger partial charge in [0.15, 0.2) is 0 Å². The zero-order valence-corrected chi connectivity index (χ0v) is 11.1. The van der Waals surface area contributed by atoms with Crippen LogP contribution >= 0.6 is 0 Å². The van der Waals surface area contributed by atoms with Gasteiger partial charge in [-0.15, -0.1) is 0 Å². The highest BCUT2D eigenvalue weighted by molar-refractivity contribution is 5.92. The number of nitrogens with one attached hydrogen (secondary N) is 2. The van der Waals surface area contributed by atoms with Gasteiger partial charge in [-0.2, -0.15) is 4.39 Å². The minimum atomic E-state index is -1.28. The van der Waals surface area contributed by atoms with Gasteiger partial charge in [-0.05, 0) is 0 Å². The molecule has 21 heavy (non-hydrogen) atoms. The van der Waals surface area contributed by atoms with Crippen LogP contribution in [-0.4, -0.2) is 48.5 Å². The van der Waals surface area contributed by atoms with Crippen LogP contribution in [0.25, 0.3) is 0 Å². The van der Waals surface area contributed by atoms with Crippen molar-refractivity contribution >= 4 is 17.3 Å². The number of piperazine rings is 1. The lowest BCUT2D eigenvalue weighted by Crippen LogP contribution is -2.46. The molecule has 0 bridgehead atoms. The number of hydrogen-bond donors (Lipinski definition) is 2. The molecule has 114 valence electrons. The Labute approximate surface area is 119 Å². The van der Waals surface area contributed by atoms with Gasteiger partial charge in [0.25, 0.3) is 0 Å². The van der Waals surface area contributed by atoms with Crippen LogP contribution in [0.2, 0.25) is 0 Å². The third-order valence-electron chi connectivity index (χ3n) is 3.08. The lowest BCUT2D eigenvalue weighted by atomic mass is 10.2. The van der Waals surface area contributed by atoms with E-state index in [1.165, 1.54) is 0 Å². The highest BCUT2D eigenvalue weighted by atomic mass is 19.1. The fourth-order valence-corrected chi connectivity index (χ4v) is 2.04. The van der Waals surface area contributed by atoms with Crippen molar-refractivity contribution < 1.29 is 18.5 Å². The predicted molar refractivity (Wildman–Crippen MR) is 71.0 cm³/mol. The molecular weight excluding hydrogens is 286 g/mol. The van der Waals surface area contributed by atoms with Crippen molar-refractivity contribution in [3.63, 3.8) is 0 Å². The number of benzene rings is 1. The quantitative estimate of drug-likeness (QED) is 0.632. The summed E-state index contributed by atoms with van der Waals surface area (Å²) < 4.78 is 26.7. The standard InChI is InChI=1S/C12H14F2N4O3/c13-8-5-9(14)11(18(20)21)6-10(8)16-12(19)7-17-3-1-15-2-4-17/h5-6,15H,1-4,7H2,(H,16,19). The monoisotopic (exact) mass is 300 g/mol. The van der Waals surface area contributed by atoms with Crippen LogP contribution in [0.4, 0.5) is 20.2 Å². The maximum absolute atomic E-state index is 13.5. The molecule has 0 spiro atoms.